The fourth-order valence-corrected chi connectivity index (χ4v) is 4.20. The van der Waals surface area contributed by atoms with E-state index in [1.54, 1.807) is 0 Å². The summed E-state index contributed by atoms with van der Waals surface area (Å²) >= 11 is 7.31. The molecular weight excluding hydrogens is 442 g/mol. The predicted octanol–water partition coefficient (Wildman–Crippen LogP) is 5.40. The zero-order chi connectivity index (χ0) is 22.5. The molecule has 1 N–H and O–H groups in total. The molecule has 0 aliphatic heterocycles. The first-order chi connectivity index (χ1) is 15.5. The Morgan fingerprint density at radius 3 is 2.56 bits per heavy atom. The maximum atomic E-state index is 12.4. The Hall–Kier alpha value is -3.16. The monoisotopic (exact) mass is 463 g/mol. The SMILES string of the molecule is CCn1c(SCC(=O)NN=C(C)c2ccc3ccccc3c2)nnc1-c1ccc(Cl)cc1. The molecule has 0 saturated heterocycles. The second-order valence-corrected chi connectivity index (χ2v) is 8.52. The van der Waals surface area contributed by atoms with Gasteiger partial charge in [-0.05, 0) is 60.5 Å². The van der Waals surface area contributed by atoms with E-state index in [0.29, 0.717) is 16.7 Å². The molecule has 0 spiro atoms. The summed E-state index contributed by atoms with van der Waals surface area (Å²) in [6.45, 7) is 4.59. The molecule has 8 heteroatoms. The van der Waals surface area contributed by atoms with E-state index in [2.05, 4.69) is 45.0 Å². The van der Waals surface area contributed by atoms with Crippen molar-refractivity contribution in [2.75, 3.05) is 5.75 Å². The molecule has 1 amide bonds. The normalized spacial score (nSPS) is 11.7. The number of benzene rings is 3. The van der Waals surface area contributed by atoms with Gasteiger partial charge in [-0.1, -0.05) is 59.8 Å². The first-order valence-electron chi connectivity index (χ1n) is 10.2. The quantitative estimate of drug-likeness (QED) is 0.226. The number of nitrogens with one attached hydrogen (secondary N) is 1. The van der Waals surface area contributed by atoms with Crippen molar-refractivity contribution >= 4 is 45.8 Å². The predicted molar refractivity (Wildman–Crippen MR) is 131 cm³/mol. The van der Waals surface area contributed by atoms with Crippen LogP contribution in [0.15, 0.2) is 77.0 Å². The number of carbonyl (C=O) groups excluding carboxylic acids is 1. The van der Waals surface area contributed by atoms with Gasteiger partial charge in [-0.3, -0.25) is 4.79 Å². The molecule has 0 atom stereocenters. The zero-order valence-corrected chi connectivity index (χ0v) is 19.3. The van der Waals surface area contributed by atoms with Gasteiger partial charge in [-0.15, -0.1) is 10.2 Å². The summed E-state index contributed by atoms with van der Waals surface area (Å²) < 4.78 is 1.98. The number of rotatable bonds is 7. The summed E-state index contributed by atoms with van der Waals surface area (Å²) in [6, 6.07) is 21.7. The molecule has 0 aliphatic carbocycles. The Labute approximate surface area is 195 Å². The molecule has 32 heavy (non-hydrogen) atoms. The molecule has 0 fully saturated rings. The summed E-state index contributed by atoms with van der Waals surface area (Å²) in [5.74, 6) is 0.735. The maximum Gasteiger partial charge on any atom is 0.250 e. The van der Waals surface area contributed by atoms with Crippen molar-refractivity contribution in [2.45, 2.75) is 25.5 Å². The van der Waals surface area contributed by atoms with Gasteiger partial charge >= 0.3 is 0 Å². The number of amides is 1. The van der Waals surface area contributed by atoms with Gasteiger partial charge in [-0.2, -0.15) is 5.10 Å². The number of hydrogen-bond donors (Lipinski definition) is 1. The molecule has 162 valence electrons. The molecule has 3 aromatic carbocycles. The van der Waals surface area contributed by atoms with Crippen molar-refractivity contribution in [1.29, 1.82) is 0 Å². The van der Waals surface area contributed by atoms with Crippen LogP contribution in [0.1, 0.15) is 19.4 Å². The smallest absolute Gasteiger partial charge is 0.250 e. The third kappa shape index (κ3) is 5.00. The van der Waals surface area contributed by atoms with Gasteiger partial charge in [-0.25, -0.2) is 5.43 Å². The van der Waals surface area contributed by atoms with Gasteiger partial charge in [0, 0.05) is 17.1 Å². The average molecular weight is 464 g/mol. The minimum absolute atomic E-state index is 0.188. The fraction of sp³-hybridized carbons (Fsp3) is 0.167. The lowest BCUT2D eigenvalue weighted by Crippen LogP contribution is -2.21. The molecule has 0 unspecified atom stereocenters. The molecule has 4 rings (SSSR count). The molecule has 6 nitrogen and oxygen atoms in total. The van der Waals surface area contributed by atoms with Crippen molar-refractivity contribution in [2.24, 2.45) is 5.10 Å². The van der Waals surface area contributed by atoms with E-state index < -0.39 is 0 Å². The van der Waals surface area contributed by atoms with E-state index in [0.717, 1.165) is 28.0 Å². The first kappa shape index (κ1) is 22.0. The average Bonchev–Trinajstić information content (AvgIpc) is 3.24. The molecule has 1 heterocycles. The highest BCUT2D eigenvalue weighted by Gasteiger charge is 2.14. The van der Waals surface area contributed by atoms with Gasteiger partial charge in [0.2, 0.25) is 0 Å². The van der Waals surface area contributed by atoms with E-state index in [1.807, 2.05) is 60.9 Å². The lowest BCUT2D eigenvalue weighted by Gasteiger charge is -2.07. The number of aromatic nitrogens is 3. The highest BCUT2D eigenvalue weighted by Crippen LogP contribution is 2.25. The fourth-order valence-electron chi connectivity index (χ4n) is 3.28. The van der Waals surface area contributed by atoms with Crippen molar-refractivity contribution in [3.63, 3.8) is 0 Å². The summed E-state index contributed by atoms with van der Waals surface area (Å²) in [5.41, 5.74) is 5.28. The van der Waals surface area contributed by atoms with Gasteiger partial charge < -0.3 is 4.57 Å². The number of hydrazone groups is 1. The van der Waals surface area contributed by atoms with Gasteiger partial charge in [0.05, 0.1) is 11.5 Å². The van der Waals surface area contributed by atoms with Crippen molar-refractivity contribution in [3.8, 4) is 11.4 Å². The largest absolute Gasteiger partial charge is 0.302 e. The maximum absolute atomic E-state index is 12.4. The van der Waals surface area contributed by atoms with Crippen molar-refractivity contribution in [1.82, 2.24) is 20.2 Å². The van der Waals surface area contributed by atoms with Crippen LogP contribution >= 0.6 is 23.4 Å². The number of nitrogens with zero attached hydrogens (tertiary/aromatic N) is 4. The third-order valence-electron chi connectivity index (χ3n) is 4.98. The topological polar surface area (TPSA) is 72.2 Å². The zero-order valence-electron chi connectivity index (χ0n) is 17.7. The minimum atomic E-state index is -0.200. The molecule has 1 aromatic heterocycles. The Bertz CT molecular complexity index is 1280. The number of halogens is 1. The standard InChI is InChI=1S/C24H22ClN5OS/c1-3-30-23(18-10-12-21(25)13-11-18)28-29-24(30)32-15-22(31)27-26-16(2)19-9-8-17-6-4-5-7-20(17)14-19/h4-14H,3,15H2,1-2H3,(H,27,31). The summed E-state index contributed by atoms with van der Waals surface area (Å²) in [5, 5.41) is 16.5. The van der Waals surface area contributed by atoms with E-state index >= 15 is 0 Å². The van der Waals surface area contributed by atoms with Gasteiger partial charge in [0.25, 0.3) is 5.91 Å². The number of hydrogen-bond acceptors (Lipinski definition) is 5. The number of fused-ring (bicyclic) bond motifs is 1. The van der Waals surface area contributed by atoms with Crippen molar-refractivity contribution in [3.05, 3.63) is 77.3 Å². The highest BCUT2D eigenvalue weighted by atomic mass is 35.5. The van der Waals surface area contributed by atoms with Crippen LogP contribution in [-0.4, -0.2) is 32.1 Å². The number of thioether (sulfide) groups is 1. The molecular formula is C24H22ClN5OS. The molecule has 0 radical (unpaired) electrons. The van der Waals surface area contributed by atoms with Crippen LogP contribution < -0.4 is 5.43 Å². The summed E-state index contributed by atoms with van der Waals surface area (Å²) in [6.07, 6.45) is 0. The summed E-state index contributed by atoms with van der Waals surface area (Å²) in [4.78, 5) is 12.4. The Kier molecular flexibility index (Phi) is 6.87. The van der Waals surface area contributed by atoms with Crippen LogP contribution in [-0.2, 0) is 11.3 Å². The summed E-state index contributed by atoms with van der Waals surface area (Å²) in [7, 11) is 0. The van der Waals surface area contributed by atoms with E-state index in [4.69, 9.17) is 11.6 Å². The van der Waals surface area contributed by atoms with Crippen LogP contribution in [0.5, 0.6) is 0 Å². The second kappa shape index (κ2) is 9.97. The lowest BCUT2D eigenvalue weighted by molar-refractivity contribution is -0.118. The first-order valence-corrected chi connectivity index (χ1v) is 11.6. The van der Waals surface area contributed by atoms with Crippen LogP contribution in [0.25, 0.3) is 22.2 Å². The molecule has 0 aliphatic rings. The van der Waals surface area contributed by atoms with Crippen LogP contribution in [0.3, 0.4) is 0 Å². The van der Waals surface area contributed by atoms with Gasteiger partial charge in [0.15, 0.2) is 11.0 Å². The highest BCUT2D eigenvalue weighted by molar-refractivity contribution is 7.99. The minimum Gasteiger partial charge on any atom is -0.302 e. The Balaban J connectivity index is 1.39. The van der Waals surface area contributed by atoms with E-state index in [-0.39, 0.29) is 11.7 Å². The third-order valence-corrected chi connectivity index (χ3v) is 6.20. The molecule has 0 saturated carbocycles. The van der Waals surface area contributed by atoms with E-state index in [9.17, 15) is 4.79 Å². The van der Waals surface area contributed by atoms with Crippen LogP contribution in [0.2, 0.25) is 5.02 Å². The molecule has 4 aromatic rings. The van der Waals surface area contributed by atoms with Crippen molar-refractivity contribution < 1.29 is 4.79 Å². The van der Waals surface area contributed by atoms with E-state index in [1.165, 1.54) is 17.1 Å². The molecule has 0 bridgehead atoms. The number of carbonyl (C=O) groups is 1. The van der Waals surface area contributed by atoms with Crippen LogP contribution in [0, 0.1) is 0 Å². The second-order valence-electron chi connectivity index (χ2n) is 7.14. The Morgan fingerprint density at radius 1 is 1.06 bits per heavy atom. The lowest BCUT2D eigenvalue weighted by atomic mass is 10.0. The van der Waals surface area contributed by atoms with Crippen LogP contribution in [0.4, 0.5) is 0 Å². The van der Waals surface area contributed by atoms with Gasteiger partial charge in [0.1, 0.15) is 0 Å². The Morgan fingerprint density at radius 2 is 1.81 bits per heavy atom.